The Morgan fingerprint density at radius 1 is 1.40 bits per heavy atom. The van der Waals surface area contributed by atoms with Crippen LogP contribution in [0.4, 0.5) is 9.39 Å². The van der Waals surface area contributed by atoms with Gasteiger partial charge in [-0.15, -0.1) is 21.5 Å². The van der Waals surface area contributed by atoms with Crippen molar-refractivity contribution in [2.45, 2.75) is 5.16 Å². The Morgan fingerprint density at radius 2 is 2.20 bits per heavy atom. The van der Waals surface area contributed by atoms with Crippen LogP contribution in [-0.4, -0.2) is 26.4 Å². The molecule has 0 unspecified atom stereocenters. The van der Waals surface area contributed by atoms with Crippen LogP contribution in [0.5, 0.6) is 0 Å². The van der Waals surface area contributed by atoms with Gasteiger partial charge in [0.25, 0.3) is 0 Å². The normalized spacial score (nSPS) is 10.4. The number of hydrogen-bond acceptors (Lipinski definition) is 6. The molecule has 0 saturated carbocycles. The van der Waals surface area contributed by atoms with Crippen LogP contribution in [0.15, 0.2) is 40.9 Å². The van der Waals surface area contributed by atoms with Gasteiger partial charge in [-0.05, 0) is 23.6 Å². The minimum Gasteiger partial charge on any atom is -0.316 e. The lowest BCUT2D eigenvalue weighted by molar-refractivity contribution is -0.113. The van der Waals surface area contributed by atoms with E-state index in [0.717, 1.165) is 0 Å². The van der Waals surface area contributed by atoms with Crippen molar-refractivity contribution in [2.75, 3.05) is 11.1 Å². The molecule has 0 aliphatic heterocycles. The van der Waals surface area contributed by atoms with Gasteiger partial charge >= 0.3 is 0 Å². The van der Waals surface area contributed by atoms with E-state index in [4.69, 9.17) is 5.26 Å². The molecule has 0 fully saturated rings. The largest absolute Gasteiger partial charge is 0.316 e. The Bertz CT molecular complexity index is 960. The lowest BCUT2D eigenvalue weighted by atomic mass is 10.2. The number of nitrogens with one attached hydrogen (secondary N) is 1. The Kier molecular flexibility index (Phi) is 5.11. The van der Waals surface area contributed by atoms with E-state index >= 15 is 0 Å². The molecule has 2 aromatic heterocycles. The maximum atomic E-state index is 13.9. The van der Waals surface area contributed by atoms with Crippen molar-refractivity contribution in [1.29, 1.82) is 5.26 Å². The summed E-state index contributed by atoms with van der Waals surface area (Å²) in [6.45, 7) is 0. The zero-order valence-corrected chi connectivity index (χ0v) is 14.7. The Labute approximate surface area is 151 Å². The molecule has 1 aromatic carbocycles. The second-order valence-corrected chi connectivity index (χ2v) is 6.82. The molecule has 6 nitrogen and oxygen atoms in total. The number of rotatable bonds is 5. The molecule has 1 N–H and O–H groups in total. The zero-order chi connectivity index (χ0) is 17.8. The summed E-state index contributed by atoms with van der Waals surface area (Å²) >= 11 is 2.48. The quantitative estimate of drug-likeness (QED) is 0.694. The first kappa shape index (κ1) is 17.1. The van der Waals surface area contributed by atoms with Crippen molar-refractivity contribution in [3.05, 3.63) is 47.1 Å². The highest BCUT2D eigenvalue weighted by Crippen LogP contribution is 2.26. The van der Waals surface area contributed by atoms with E-state index < -0.39 is 0 Å². The van der Waals surface area contributed by atoms with Gasteiger partial charge < -0.3 is 9.88 Å². The summed E-state index contributed by atoms with van der Waals surface area (Å²) in [5.41, 5.74) is 0.787. The zero-order valence-electron chi connectivity index (χ0n) is 13.1. The minimum atomic E-state index is -0.381. The van der Waals surface area contributed by atoms with Crippen molar-refractivity contribution >= 4 is 34.0 Å². The summed E-state index contributed by atoms with van der Waals surface area (Å²) in [5.74, 6) is -0.133. The molecular formula is C16H12FN5OS2. The smallest absolute Gasteiger partial charge is 0.235 e. The molecule has 0 atom stereocenters. The summed E-state index contributed by atoms with van der Waals surface area (Å²) < 4.78 is 15.5. The van der Waals surface area contributed by atoms with E-state index in [1.807, 2.05) is 6.07 Å². The van der Waals surface area contributed by atoms with Gasteiger partial charge in [0, 0.05) is 7.05 Å². The van der Waals surface area contributed by atoms with Crippen LogP contribution < -0.4 is 5.32 Å². The van der Waals surface area contributed by atoms with E-state index in [1.165, 1.54) is 29.2 Å². The molecule has 25 heavy (non-hydrogen) atoms. The van der Waals surface area contributed by atoms with Crippen molar-refractivity contribution in [2.24, 2.45) is 7.05 Å². The van der Waals surface area contributed by atoms with E-state index in [-0.39, 0.29) is 17.5 Å². The van der Waals surface area contributed by atoms with Crippen molar-refractivity contribution in [3.63, 3.8) is 0 Å². The molecule has 0 aliphatic carbocycles. The third-order valence-corrected chi connectivity index (χ3v) is 5.17. The number of thiophene rings is 1. The molecule has 0 radical (unpaired) electrons. The summed E-state index contributed by atoms with van der Waals surface area (Å²) in [7, 11) is 1.72. The number of nitriles is 1. The number of nitrogens with zero attached hydrogens (tertiary/aromatic N) is 4. The SMILES string of the molecule is Cn1c(SCC(=O)Nc2sccc2C#N)nnc1-c1ccccc1F. The van der Waals surface area contributed by atoms with Crippen LogP contribution in [-0.2, 0) is 11.8 Å². The van der Waals surface area contributed by atoms with E-state index in [2.05, 4.69) is 15.5 Å². The number of halogens is 1. The van der Waals surface area contributed by atoms with Gasteiger partial charge in [-0.3, -0.25) is 4.79 Å². The topological polar surface area (TPSA) is 83.6 Å². The van der Waals surface area contributed by atoms with Gasteiger partial charge in [-0.25, -0.2) is 4.39 Å². The standard InChI is InChI=1S/C16H12FN5OS2/c1-22-14(11-4-2-3-5-12(11)17)20-21-16(22)25-9-13(23)19-15-10(8-18)6-7-24-15/h2-7H,9H2,1H3,(H,19,23). The first-order valence-electron chi connectivity index (χ1n) is 7.14. The molecule has 0 bridgehead atoms. The van der Waals surface area contributed by atoms with Crippen LogP contribution in [0.2, 0.25) is 0 Å². The second-order valence-electron chi connectivity index (χ2n) is 4.96. The number of hydrogen-bond donors (Lipinski definition) is 1. The maximum Gasteiger partial charge on any atom is 0.235 e. The molecule has 0 spiro atoms. The molecule has 2 heterocycles. The van der Waals surface area contributed by atoms with E-state index in [1.54, 1.807) is 41.3 Å². The average Bonchev–Trinajstić information content (AvgIpc) is 3.20. The van der Waals surface area contributed by atoms with Crippen LogP contribution in [0, 0.1) is 17.1 Å². The fourth-order valence-electron chi connectivity index (χ4n) is 2.10. The van der Waals surface area contributed by atoms with E-state index in [0.29, 0.717) is 27.1 Å². The highest BCUT2D eigenvalue weighted by Gasteiger charge is 2.16. The van der Waals surface area contributed by atoms with E-state index in [9.17, 15) is 9.18 Å². The third kappa shape index (κ3) is 3.70. The van der Waals surface area contributed by atoms with Crippen molar-refractivity contribution in [1.82, 2.24) is 14.8 Å². The number of amides is 1. The van der Waals surface area contributed by atoms with Crippen LogP contribution >= 0.6 is 23.1 Å². The van der Waals surface area contributed by atoms with Gasteiger partial charge in [-0.1, -0.05) is 23.9 Å². The lowest BCUT2D eigenvalue weighted by Crippen LogP contribution is -2.14. The Balaban J connectivity index is 1.68. The molecule has 126 valence electrons. The fraction of sp³-hybridized carbons (Fsp3) is 0.125. The number of thioether (sulfide) groups is 1. The third-order valence-electron chi connectivity index (χ3n) is 3.32. The average molecular weight is 373 g/mol. The molecule has 1 amide bonds. The fourth-order valence-corrected chi connectivity index (χ4v) is 3.57. The monoisotopic (exact) mass is 373 g/mol. The highest BCUT2D eigenvalue weighted by molar-refractivity contribution is 7.99. The van der Waals surface area contributed by atoms with Crippen LogP contribution in [0.25, 0.3) is 11.4 Å². The second kappa shape index (κ2) is 7.46. The molecule has 0 saturated heterocycles. The molecule has 3 aromatic rings. The van der Waals surface area contributed by atoms with Gasteiger partial charge in [0.1, 0.15) is 16.9 Å². The molecule has 3 rings (SSSR count). The predicted octanol–water partition coefficient (Wildman–Crippen LogP) is 3.29. The summed E-state index contributed by atoms with van der Waals surface area (Å²) in [4.78, 5) is 12.0. The summed E-state index contributed by atoms with van der Waals surface area (Å²) in [6.07, 6.45) is 0. The minimum absolute atomic E-state index is 0.103. The van der Waals surface area contributed by atoms with Crippen LogP contribution in [0.1, 0.15) is 5.56 Å². The first-order chi connectivity index (χ1) is 12.1. The Morgan fingerprint density at radius 3 is 2.96 bits per heavy atom. The Hall–Kier alpha value is -2.70. The summed E-state index contributed by atoms with van der Waals surface area (Å²) in [6, 6.07) is 9.98. The molecule has 0 aliphatic rings. The maximum absolute atomic E-state index is 13.9. The number of anilines is 1. The molecule has 9 heteroatoms. The van der Waals surface area contributed by atoms with Crippen molar-refractivity contribution in [3.8, 4) is 17.5 Å². The van der Waals surface area contributed by atoms with Gasteiger partial charge in [0.05, 0.1) is 16.9 Å². The predicted molar refractivity (Wildman–Crippen MR) is 94.8 cm³/mol. The van der Waals surface area contributed by atoms with Gasteiger partial charge in [0.2, 0.25) is 5.91 Å². The summed E-state index contributed by atoms with van der Waals surface area (Å²) in [5, 5.41) is 22.4. The number of aromatic nitrogens is 3. The first-order valence-corrected chi connectivity index (χ1v) is 9.01. The van der Waals surface area contributed by atoms with Gasteiger partial charge in [0.15, 0.2) is 11.0 Å². The van der Waals surface area contributed by atoms with Crippen LogP contribution in [0.3, 0.4) is 0 Å². The number of carbonyl (C=O) groups excluding carboxylic acids is 1. The molecular weight excluding hydrogens is 361 g/mol. The highest BCUT2D eigenvalue weighted by atomic mass is 32.2. The number of benzene rings is 1. The van der Waals surface area contributed by atoms with Gasteiger partial charge in [-0.2, -0.15) is 5.26 Å². The number of carbonyl (C=O) groups is 1. The van der Waals surface area contributed by atoms with Crippen molar-refractivity contribution < 1.29 is 9.18 Å². The lowest BCUT2D eigenvalue weighted by Gasteiger charge is -2.05.